The summed E-state index contributed by atoms with van der Waals surface area (Å²) < 4.78 is 13.6. The molecule has 0 radical (unpaired) electrons. The zero-order chi connectivity index (χ0) is 24.1. The van der Waals surface area contributed by atoms with Gasteiger partial charge in [-0.25, -0.2) is 29.4 Å². The van der Waals surface area contributed by atoms with E-state index in [9.17, 15) is 0 Å². The number of fused-ring (bicyclic) bond motifs is 2. The number of pyridine rings is 1. The van der Waals surface area contributed by atoms with Crippen molar-refractivity contribution in [1.29, 1.82) is 0 Å². The number of hydrogen-bond donors (Lipinski definition) is 1. The lowest BCUT2D eigenvalue weighted by Gasteiger charge is -2.33. The van der Waals surface area contributed by atoms with Crippen LogP contribution in [0.3, 0.4) is 0 Å². The molecule has 1 aromatic carbocycles. The van der Waals surface area contributed by atoms with Crippen molar-refractivity contribution in [1.82, 2.24) is 34.5 Å². The number of nitrogens with one attached hydrogen (secondary N) is 1. The third-order valence-corrected chi connectivity index (χ3v) is 6.67. The maximum absolute atomic E-state index is 6.55. The Morgan fingerprint density at radius 2 is 2.00 bits per heavy atom. The van der Waals surface area contributed by atoms with Gasteiger partial charge in [-0.05, 0) is 37.1 Å². The molecular formula is C24H20ClN9O2. The Morgan fingerprint density at radius 1 is 1.06 bits per heavy atom. The average Bonchev–Trinajstić information content (AvgIpc) is 3.46. The Kier molecular flexibility index (Phi) is 4.86. The molecular weight excluding hydrogens is 482 g/mol. The fourth-order valence-electron chi connectivity index (χ4n) is 4.33. The van der Waals surface area contributed by atoms with Crippen molar-refractivity contribution in [2.75, 3.05) is 29.9 Å². The van der Waals surface area contributed by atoms with E-state index in [0.29, 0.717) is 51.6 Å². The van der Waals surface area contributed by atoms with Gasteiger partial charge in [0.05, 0.1) is 23.4 Å². The maximum atomic E-state index is 6.55. The van der Waals surface area contributed by atoms with Gasteiger partial charge in [-0.1, -0.05) is 11.6 Å². The van der Waals surface area contributed by atoms with E-state index in [4.69, 9.17) is 26.1 Å². The van der Waals surface area contributed by atoms with Gasteiger partial charge in [-0.15, -0.1) is 0 Å². The first-order valence-corrected chi connectivity index (χ1v) is 11.9. The fourth-order valence-corrected chi connectivity index (χ4v) is 4.55. The van der Waals surface area contributed by atoms with Crippen LogP contribution in [0.2, 0.25) is 5.02 Å². The normalized spacial score (nSPS) is 16.5. The summed E-state index contributed by atoms with van der Waals surface area (Å²) in [6, 6.07) is 9.03. The van der Waals surface area contributed by atoms with Gasteiger partial charge in [-0.2, -0.15) is 5.10 Å². The van der Waals surface area contributed by atoms with Gasteiger partial charge in [0.15, 0.2) is 11.5 Å². The highest BCUT2D eigenvalue weighted by molar-refractivity contribution is 6.32. The first kappa shape index (κ1) is 21.2. The van der Waals surface area contributed by atoms with Gasteiger partial charge < -0.3 is 19.7 Å². The molecule has 4 aromatic heterocycles. The highest BCUT2D eigenvalue weighted by Crippen LogP contribution is 2.42. The minimum atomic E-state index is -0.0212. The topological polar surface area (TPSA) is 115 Å². The SMILES string of the molecule is Clc1cc(Nc2ncnc3cnc(N4CCOC5(CC5)C4)nc23)ccc1Oc1ccn2ncnc2c1. The van der Waals surface area contributed by atoms with Crippen molar-refractivity contribution < 1.29 is 9.47 Å². The molecule has 11 nitrogen and oxygen atoms in total. The molecule has 5 aromatic rings. The van der Waals surface area contributed by atoms with Gasteiger partial charge in [0.1, 0.15) is 35.2 Å². The van der Waals surface area contributed by atoms with Gasteiger partial charge in [0.25, 0.3) is 0 Å². The molecule has 2 aliphatic rings. The molecule has 36 heavy (non-hydrogen) atoms. The summed E-state index contributed by atoms with van der Waals surface area (Å²) in [6.45, 7) is 2.23. The van der Waals surface area contributed by atoms with Gasteiger partial charge in [0, 0.05) is 31.0 Å². The predicted octanol–water partition coefficient (Wildman–Crippen LogP) is 4.02. The molecule has 12 heteroatoms. The standard InChI is InChI=1S/C24H20ClN9O2/c25-17-9-15(1-2-19(17)36-16-3-6-34-20(10-16)28-14-30-34)31-22-21-18(27-13-29-22)11-26-23(32-21)33-7-8-35-24(12-33)4-5-24/h1-3,6,9-11,13-14H,4-5,7-8,12H2,(H,27,29,31). The summed E-state index contributed by atoms with van der Waals surface area (Å²) >= 11 is 6.55. The van der Waals surface area contributed by atoms with Crippen LogP contribution in [0.25, 0.3) is 16.7 Å². The van der Waals surface area contributed by atoms with Crippen molar-refractivity contribution in [3.63, 3.8) is 0 Å². The first-order valence-electron chi connectivity index (χ1n) is 11.5. The van der Waals surface area contributed by atoms with E-state index in [2.05, 4.69) is 35.3 Å². The fraction of sp³-hybridized carbons (Fsp3) is 0.250. The third kappa shape index (κ3) is 3.91. The van der Waals surface area contributed by atoms with E-state index in [1.165, 1.54) is 12.7 Å². The van der Waals surface area contributed by atoms with Crippen LogP contribution in [-0.2, 0) is 4.74 Å². The van der Waals surface area contributed by atoms with Crippen molar-refractivity contribution >= 4 is 45.7 Å². The minimum absolute atomic E-state index is 0.0212. The summed E-state index contributed by atoms with van der Waals surface area (Å²) in [6.07, 6.45) is 8.66. The van der Waals surface area contributed by atoms with E-state index in [0.717, 1.165) is 31.6 Å². The van der Waals surface area contributed by atoms with Crippen molar-refractivity contribution in [3.8, 4) is 11.5 Å². The lowest BCUT2D eigenvalue weighted by atomic mass is 10.2. The smallest absolute Gasteiger partial charge is 0.226 e. The number of ether oxygens (including phenoxy) is 2. The van der Waals surface area contributed by atoms with E-state index in [1.807, 2.05) is 6.07 Å². The van der Waals surface area contributed by atoms with Gasteiger partial charge in [0.2, 0.25) is 5.95 Å². The summed E-state index contributed by atoms with van der Waals surface area (Å²) in [5.74, 6) is 2.35. The molecule has 0 atom stereocenters. The molecule has 1 spiro atoms. The van der Waals surface area contributed by atoms with Crippen molar-refractivity contribution in [3.05, 3.63) is 60.4 Å². The number of morpholine rings is 1. The summed E-state index contributed by atoms with van der Waals surface area (Å²) in [5, 5.41) is 7.84. The van der Waals surface area contributed by atoms with Gasteiger partial charge in [-0.3, -0.25) is 0 Å². The Labute approximate surface area is 210 Å². The van der Waals surface area contributed by atoms with Crippen LogP contribution >= 0.6 is 11.6 Å². The molecule has 0 unspecified atom stereocenters. The number of rotatable bonds is 5. The molecule has 5 heterocycles. The molecule has 1 aliphatic heterocycles. The van der Waals surface area contributed by atoms with Gasteiger partial charge >= 0.3 is 0 Å². The molecule has 1 N–H and O–H groups in total. The second-order valence-corrected chi connectivity index (χ2v) is 9.28. The summed E-state index contributed by atoms with van der Waals surface area (Å²) in [7, 11) is 0. The Hall–Kier alpha value is -4.09. The highest BCUT2D eigenvalue weighted by Gasteiger charge is 2.48. The monoisotopic (exact) mass is 501 g/mol. The Morgan fingerprint density at radius 3 is 2.89 bits per heavy atom. The van der Waals surface area contributed by atoms with E-state index in [1.54, 1.807) is 41.2 Å². The number of hydrogen-bond acceptors (Lipinski definition) is 10. The molecule has 7 rings (SSSR count). The van der Waals surface area contributed by atoms with E-state index < -0.39 is 0 Å². The second kappa shape index (κ2) is 8.25. The Balaban J connectivity index is 1.14. The van der Waals surface area contributed by atoms with Crippen LogP contribution in [0.4, 0.5) is 17.5 Å². The van der Waals surface area contributed by atoms with Crippen LogP contribution in [0.1, 0.15) is 12.8 Å². The largest absolute Gasteiger partial charge is 0.456 e. The molecule has 1 aliphatic carbocycles. The summed E-state index contributed by atoms with van der Waals surface area (Å²) in [4.78, 5) is 24.5. The number of halogens is 1. The van der Waals surface area contributed by atoms with Crippen LogP contribution < -0.4 is 15.0 Å². The third-order valence-electron chi connectivity index (χ3n) is 6.38. The van der Waals surface area contributed by atoms with E-state index in [-0.39, 0.29) is 5.60 Å². The first-order chi connectivity index (χ1) is 17.6. The Bertz CT molecular complexity index is 1600. The highest BCUT2D eigenvalue weighted by atomic mass is 35.5. The average molecular weight is 502 g/mol. The lowest BCUT2D eigenvalue weighted by molar-refractivity contribution is 0.0201. The van der Waals surface area contributed by atoms with Crippen LogP contribution in [0.5, 0.6) is 11.5 Å². The maximum Gasteiger partial charge on any atom is 0.226 e. The number of benzene rings is 1. The van der Waals surface area contributed by atoms with Crippen LogP contribution in [-0.4, -0.2) is 59.8 Å². The quantitative estimate of drug-likeness (QED) is 0.378. The molecule has 2 fully saturated rings. The van der Waals surface area contributed by atoms with Crippen LogP contribution in [0, 0.1) is 0 Å². The second-order valence-electron chi connectivity index (χ2n) is 8.88. The molecule has 0 amide bonds. The van der Waals surface area contributed by atoms with E-state index >= 15 is 0 Å². The number of anilines is 3. The number of aromatic nitrogens is 7. The summed E-state index contributed by atoms with van der Waals surface area (Å²) in [5.41, 5.74) is 2.69. The van der Waals surface area contributed by atoms with Crippen molar-refractivity contribution in [2.24, 2.45) is 0 Å². The van der Waals surface area contributed by atoms with Crippen molar-refractivity contribution in [2.45, 2.75) is 18.4 Å². The molecule has 180 valence electrons. The lowest BCUT2D eigenvalue weighted by Crippen LogP contribution is -2.44. The molecule has 0 bridgehead atoms. The zero-order valence-electron chi connectivity index (χ0n) is 19.0. The zero-order valence-corrected chi connectivity index (χ0v) is 19.8. The predicted molar refractivity (Wildman–Crippen MR) is 133 cm³/mol. The minimum Gasteiger partial charge on any atom is -0.456 e. The molecule has 1 saturated heterocycles. The number of nitrogens with zero attached hydrogens (tertiary/aromatic N) is 8. The molecule has 1 saturated carbocycles. The van der Waals surface area contributed by atoms with Crippen LogP contribution in [0.15, 0.2) is 55.4 Å².